The van der Waals surface area contributed by atoms with Crippen molar-refractivity contribution < 1.29 is 18.0 Å². The highest BCUT2D eigenvalue weighted by Gasteiger charge is 2.36. The van der Waals surface area contributed by atoms with Crippen LogP contribution >= 0.6 is 0 Å². The van der Waals surface area contributed by atoms with E-state index in [1.54, 1.807) is 43.3 Å². The number of nitrogens with zero attached hydrogens (tertiary/aromatic N) is 5. The summed E-state index contributed by atoms with van der Waals surface area (Å²) >= 11 is 0. The van der Waals surface area contributed by atoms with E-state index in [2.05, 4.69) is 21.1 Å². The van der Waals surface area contributed by atoms with Crippen LogP contribution in [0, 0.1) is 11.3 Å². The Morgan fingerprint density at radius 3 is 2.59 bits per heavy atom. The second kappa shape index (κ2) is 9.27. The van der Waals surface area contributed by atoms with Gasteiger partial charge in [0.2, 0.25) is 0 Å². The Morgan fingerprint density at radius 2 is 1.94 bits per heavy atom. The average Bonchev–Trinajstić information content (AvgIpc) is 3.31. The largest absolute Gasteiger partial charge is 0.433 e. The molecule has 0 amide bonds. The lowest BCUT2D eigenvalue weighted by Crippen LogP contribution is -2.13. The molecular weight excluding hydrogens is 443 g/mol. The number of hydrogen-bond donors (Lipinski definition) is 0. The highest BCUT2D eigenvalue weighted by Crippen LogP contribution is 2.33. The second-order valence-corrected chi connectivity index (χ2v) is 7.65. The minimum absolute atomic E-state index is 0.0309. The summed E-state index contributed by atoms with van der Waals surface area (Å²) in [4.78, 5) is 20.8. The summed E-state index contributed by atoms with van der Waals surface area (Å²) < 4.78 is 41.8. The van der Waals surface area contributed by atoms with E-state index < -0.39 is 11.9 Å². The van der Waals surface area contributed by atoms with Gasteiger partial charge in [0.15, 0.2) is 5.78 Å². The first-order valence-electron chi connectivity index (χ1n) is 10.3. The molecular formula is C25H18F3N5O. The molecule has 4 aromatic rings. The lowest BCUT2D eigenvalue weighted by Gasteiger charge is -2.10. The highest BCUT2D eigenvalue weighted by atomic mass is 19.4. The van der Waals surface area contributed by atoms with Crippen LogP contribution in [0.25, 0.3) is 16.9 Å². The smallest absolute Gasteiger partial charge is 0.294 e. The Hall–Kier alpha value is -4.32. The van der Waals surface area contributed by atoms with Crippen LogP contribution in [-0.2, 0) is 12.6 Å². The molecule has 0 radical (unpaired) electrons. The van der Waals surface area contributed by atoms with Gasteiger partial charge in [-0.25, -0.2) is 4.68 Å². The third-order valence-corrected chi connectivity index (χ3v) is 5.25. The van der Waals surface area contributed by atoms with Gasteiger partial charge < -0.3 is 0 Å². The van der Waals surface area contributed by atoms with Crippen molar-refractivity contribution >= 4 is 5.78 Å². The summed E-state index contributed by atoms with van der Waals surface area (Å²) in [5.74, 6) is -0.556. The fourth-order valence-electron chi connectivity index (χ4n) is 3.40. The maximum Gasteiger partial charge on any atom is 0.433 e. The first-order valence-corrected chi connectivity index (χ1v) is 10.3. The van der Waals surface area contributed by atoms with Crippen molar-refractivity contribution in [3.8, 4) is 23.0 Å². The minimum Gasteiger partial charge on any atom is -0.294 e. The van der Waals surface area contributed by atoms with Crippen LogP contribution in [0.5, 0.6) is 0 Å². The van der Waals surface area contributed by atoms with Crippen molar-refractivity contribution in [2.45, 2.75) is 25.4 Å². The van der Waals surface area contributed by atoms with Crippen LogP contribution in [0.3, 0.4) is 0 Å². The zero-order chi connectivity index (χ0) is 24.3. The zero-order valence-electron chi connectivity index (χ0n) is 18.0. The zero-order valence-corrected chi connectivity index (χ0v) is 18.0. The number of ketones is 1. The number of Topliss-reactive ketones (excluding diaryl/α,β-unsaturated/α-hetero) is 1. The molecule has 0 saturated heterocycles. The van der Waals surface area contributed by atoms with E-state index in [0.717, 1.165) is 16.3 Å². The van der Waals surface area contributed by atoms with Gasteiger partial charge >= 0.3 is 6.18 Å². The number of aromatic nitrogens is 4. The predicted octanol–water partition coefficient (Wildman–Crippen LogP) is 5.40. The van der Waals surface area contributed by atoms with Gasteiger partial charge in [-0.05, 0) is 48.9 Å². The fraction of sp³-hybridized carbons (Fsp3) is 0.160. The summed E-state index contributed by atoms with van der Waals surface area (Å²) in [6.07, 6.45) is -0.446. The number of halogens is 3. The van der Waals surface area contributed by atoms with Crippen molar-refractivity contribution in [2.75, 3.05) is 0 Å². The fourth-order valence-corrected chi connectivity index (χ4v) is 3.40. The monoisotopic (exact) mass is 461 g/mol. The quantitative estimate of drug-likeness (QED) is 0.359. The van der Waals surface area contributed by atoms with Crippen molar-refractivity contribution in [3.63, 3.8) is 0 Å². The molecule has 0 fully saturated rings. The third-order valence-electron chi connectivity index (χ3n) is 5.25. The lowest BCUT2D eigenvalue weighted by atomic mass is 9.97. The van der Waals surface area contributed by atoms with Crippen molar-refractivity contribution in [2.24, 2.45) is 0 Å². The molecule has 0 N–H and O–H groups in total. The SMILES string of the molecule is CC(C#N)c1cccc(C(=O)Cc2ccc(-n3nc(-c4cccnc4)cc3C(F)(F)F)cn2)c1. The van der Waals surface area contributed by atoms with E-state index in [9.17, 15) is 18.0 Å². The standard InChI is InChI=1S/C25H18F3N5O/c1-16(13-29)17-4-2-5-18(10-17)23(34)11-20-7-8-21(15-31-20)33-24(25(26,27)28)12-22(32-33)19-6-3-9-30-14-19/h2-10,12,14-16H,11H2,1H3. The number of benzene rings is 1. The first-order chi connectivity index (χ1) is 16.3. The Kier molecular flexibility index (Phi) is 6.23. The number of pyridine rings is 2. The summed E-state index contributed by atoms with van der Waals surface area (Å²) in [5, 5.41) is 13.2. The van der Waals surface area contributed by atoms with Gasteiger partial charge in [-0.3, -0.25) is 14.8 Å². The molecule has 170 valence electrons. The van der Waals surface area contributed by atoms with Crippen molar-refractivity contribution in [1.82, 2.24) is 19.7 Å². The van der Waals surface area contributed by atoms with Gasteiger partial charge in [0.05, 0.1) is 36.0 Å². The molecule has 0 aliphatic carbocycles. The first kappa shape index (κ1) is 22.9. The van der Waals surface area contributed by atoms with Gasteiger partial charge in [-0.1, -0.05) is 18.2 Å². The topological polar surface area (TPSA) is 84.5 Å². The van der Waals surface area contributed by atoms with Gasteiger partial charge in [-0.15, -0.1) is 0 Å². The van der Waals surface area contributed by atoms with Crippen molar-refractivity contribution in [1.29, 1.82) is 5.26 Å². The highest BCUT2D eigenvalue weighted by molar-refractivity contribution is 5.97. The summed E-state index contributed by atoms with van der Waals surface area (Å²) in [7, 11) is 0. The molecule has 0 aliphatic heterocycles. The molecule has 1 atom stereocenters. The van der Waals surface area contributed by atoms with E-state index >= 15 is 0 Å². The number of nitriles is 1. The van der Waals surface area contributed by atoms with Crippen LogP contribution in [0.4, 0.5) is 13.2 Å². The molecule has 6 nitrogen and oxygen atoms in total. The van der Waals surface area contributed by atoms with Gasteiger partial charge in [0.25, 0.3) is 0 Å². The van der Waals surface area contributed by atoms with Crippen LogP contribution in [0.1, 0.15) is 40.2 Å². The normalized spacial score (nSPS) is 12.2. The number of carbonyl (C=O) groups excluding carboxylic acids is 1. The molecule has 0 saturated carbocycles. The number of rotatable bonds is 6. The predicted molar refractivity (Wildman–Crippen MR) is 118 cm³/mol. The number of hydrogen-bond acceptors (Lipinski definition) is 5. The summed E-state index contributed by atoms with van der Waals surface area (Å²) in [6, 6.07) is 16.1. The van der Waals surface area contributed by atoms with E-state index in [0.29, 0.717) is 16.8 Å². The molecule has 0 bridgehead atoms. The second-order valence-electron chi connectivity index (χ2n) is 7.65. The molecule has 3 heterocycles. The summed E-state index contributed by atoms with van der Waals surface area (Å²) in [5.41, 5.74) is 1.34. The van der Waals surface area contributed by atoms with Gasteiger partial charge in [0.1, 0.15) is 5.69 Å². The van der Waals surface area contributed by atoms with Crippen LogP contribution in [0.2, 0.25) is 0 Å². The van der Waals surface area contributed by atoms with Gasteiger partial charge in [-0.2, -0.15) is 23.5 Å². The Labute approximate surface area is 193 Å². The summed E-state index contributed by atoms with van der Waals surface area (Å²) in [6.45, 7) is 1.74. The van der Waals surface area contributed by atoms with Crippen LogP contribution in [-0.4, -0.2) is 25.5 Å². The van der Waals surface area contributed by atoms with E-state index in [1.807, 2.05) is 0 Å². The average molecular weight is 461 g/mol. The molecule has 1 unspecified atom stereocenters. The van der Waals surface area contributed by atoms with E-state index in [1.165, 1.54) is 30.7 Å². The molecule has 4 rings (SSSR count). The lowest BCUT2D eigenvalue weighted by molar-refractivity contribution is -0.142. The van der Waals surface area contributed by atoms with E-state index in [4.69, 9.17) is 5.26 Å². The maximum absolute atomic E-state index is 13.7. The van der Waals surface area contributed by atoms with Crippen LogP contribution < -0.4 is 0 Å². The van der Waals surface area contributed by atoms with Crippen molar-refractivity contribution in [3.05, 3.63) is 95.7 Å². The third kappa shape index (κ3) is 4.86. The number of carbonyl (C=O) groups is 1. The molecule has 9 heteroatoms. The molecule has 0 aliphatic rings. The molecule has 3 aromatic heterocycles. The van der Waals surface area contributed by atoms with Gasteiger partial charge in [0, 0.05) is 29.2 Å². The molecule has 0 spiro atoms. The Morgan fingerprint density at radius 1 is 1.12 bits per heavy atom. The Bertz CT molecular complexity index is 1360. The maximum atomic E-state index is 13.7. The Balaban J connectivity index is 1.59. The van der Waals surface area contributed by atoms with E-state index in [-0.39, 0.29) is 29.5 Å². The molecule has 1 aromatic carbocycles. The number of alkyl halides is 3. The minimum atomic E-state index is -4.63. The molecule has 34 heavy (non-hydrogen) atoms. The van der Waals surface area contributed by atoms with Crippen LogP contribution in [0.15, 0.2) is 73.2 Å².